The molecule has 0 unspecified atom stereocenters. The third-order valence-corrected chi connectivity index (χ3v) is 2.38. The van der Waals surface area contributed by atoms with Crippen molar-refractivity contribution in [2.45, 2.75) is 19.6 Å². The molecule has 1 amide bonds. The fourth-order valence-electron chi connectivity index (χ4n) is 1.44. The standard InChI is InChI=1S/C13H17F3N2O2/c1-2-17-7-10-5-3-4-6-11(10)20-8-12(19)18-9-13(14,15)16/h3-6,17H,2,7-9H2,1H3,(H,18,19). The first-order chi connectivity index (χ1) is 9.42. The van der Waals surface area contributed by atoms with E-state index in [0.717, 1.165) is 12.1 Å². The van der Waals surface area contributed by atoms with Crippen molar-refractivity contribution < 1.29 is 22.7 Å². The number of halogens is 3. The van der Waals surface area contributed by atoms with Crippen LogP contribution in [-0.2, 0) is 11.3 Å². The quantitative estimate of drug-likeness (QED) is 0.806. The van der Waals surface area contributed by atoms with Crippen LogP contribution >= 0.6 is 0 Å². The molecule has 112 valence electrons. The van der Waals surface area contributed by atoms with Crippen LogP contribution in [-0.4, -0.2) is 31.8 Å². The Balaban J connectivity index is 2.46. The zero-order chi connectivity index (χ0) is 15.0. The molecule has 0 saturated heterocycles. The van der Waals surface area contributed by atoms with E-state index in [-0.39, 0.29) is 0 Å². The largest absolute Gasteiger partial charge is 0.483 e. The van der Waals surface area contributed by atoms with Crippen LogP contribution in [0.25, 0.3) is 0 Å². The van der Waals surface area contributed by atoms with Crippen molar-refractivity contribution in [2.24, 2.45) is 0 Å². The molecular weight excluding hydrogens is 273 g/mol. The van der Waals surface area contributed by atoms with E-state index in [1.807, 2.05) is 19.1 Å². The molecule has 1 rings (SSSR count). The van der Waals surface area contributed by atoms with Crippen molar-refractivity contribution in [3.63, 3.8) is 0 Å². The SMILES string of the molecule is CCNCc1ccccc1OCC(=O)NCC(F)(F)F. The van der Waals surface area contributed by atoms with Crippen LogP contribution in [0.5, 0.6) is 5.75 Å². The van der Waals surface area contributed by atoms with Gasteiger partial charge >= 0.3 is 6.18 Å². The minimum atomic E-state index is -4.42. The lowest BCUT2D eigenvalue weighted by molar-refractivity contribution is -0.139. The highest BCUT2D eigenvalue weighted by Crippen LogP contribution is 2.17. The van der Waals surface area contributed by atoms with Crippen LogP contribution in [0.15, 0.2) is 24.3 Å². The molecule has 0 aromatic heterocycles. The van der Waals surface area contributed by atoms with Crippen LogP contribution < -0.4 is 15.4 Å². The van der Waals surface area contributed by atoms with Gasteiger partial charge < -0.3 is 15.4 Å². The number of alkyl halides is 3. The number of ether oxygens (including phenoxy) is 1. The number of carbonyl (C=O) groups is 1. The van der Waals surface area contributed by atoms with E-state index in [9.17, 15) is 18.0 Å². The Labute approximate surface area is 115 Å². The van der Waals surface area contributed by atoms with Gasteiger partial charge in [0.15, 0.2) is 6.61 Å². The maximum Gasteiger partial charge on any atom is 0.405 e. The molecule has 0 spiro atoms. The van der Waals surface area contributed by atoms with E-state index < -0.39 is 25.2 Å². The van der Waals surface area contributed by atoms with E-state index in [1.165, 1.54) is 0 Å². The average Bonchev–Trinajstić information content (AvgIpc) is 2.40. The van der Waals surface area contributed by atoms with Gasteiger partial charge in [-0.2, -0.15) is 13.2 Å². The average molecular weight is 290 g/mol. The smallest absolute Gasteiger partial charge is 0.405 e. The first kappa shape index (κ1) is 16.3. The summed E-state index contributed by atoms with van der Waals surface area (Å²) in [5.74, 6) is -0.323. The number of carbonyl (C=O) groups excluding carboxylic acids is 1. The van der Waals surface area contributed by atoms with Gasteiger partial charge in [0.1, 0.15) is 12.3 Å². The normalized spacial score (nSPS) is 11.2. The van der Waals surface area contributed by atoms with Gasteiger partial charge in [-0.25, -0.2) is 0 Å². The second kappa shape index (κ2) is 7.74. The second-order valence-corrected chi connectivity index (χ2v) is 4.07. The summed E-state index contributed by atoms with van der Waals surface area (Å²) in [7, 11) is 0. The second-order valence-electron chi connectivity index (χ2n) is 4.07. The van der Waals surface area contributed by atoms with Crippen LogP contribution in [0.3, 0.4) is 0 Å². The lowest BCUT2D eigenvalue weighted by Crippen LogP contribution is -2.36. The van der Waals surface area contributed by atoms with Crippen LogP contribution in [0.2, 0.25) is 0 Å². The summed E-state index contributed by atoms with van der Waals surface area (Å²) in [5, 5.41) is 4.86. The molecule has 0 aliphatic heterocycles. The predicted molar refractivity (Wildman–Crippen MR) is 68.4 cm³/mol. The molecule has 4 nitrogen and oxygen atoms in total. The summed E-state index contributed by atoms with van der Waals surface area (Å²) in [5.41, 5.74) is 0.845. The Kier molecular flexibility index (Phi) is 6.30. The van der Waals surface area contributed by atoms with Gasteiger partial charge in [-0.15, -0.1) is 0 Å². The number of hydrogen-bond acceptors (Lipinski definition) is 3. The highest BCUT2D eigenvalue weighted by atomic mass is 19.4. The number of nitrogens with one attached hydrogen (secondary N) is 2. The maximum atomic E-state index is 11.9. The van der Waals surface area contributed by atoms with Gasteiger partial charge in [-0.05, 0) is 12.6 Å². The zero-order valence-corrected chi connectivity index (χ0v) is 11.1. The third kappa shape index (κ3) is 6.42. The Hall–Kier alpha value is -1.76. The third-order valence-electron chi connectivity index (χ3n) is 2.38. The van der Waals surface area contributed by atoms with E-state index >= 15 is 0 Å². The van der Waals surface area contributed by atoms with Crippen molar-refractivity contribution in [1.82, 2.24) is 10.6 Å². The Morgan fingerprint density at radius 2 is 2.00 bits per heavy atom. The van der Waals surface area contributed by atoms with Crippen LogP contribution in [0.1, 0.15) is 12.5 Å². The van der Waals surface area contributed by atoms with Gasteiger partial charge in [0.2, 0.25) is 0 Å². The maximum absolute atomic E-state index is 11.9. The van der Waals surface area contributed by atoms with Gasteiger partial charge in [0, 0.05) is 12.1 Å². The molecule has 20 heavy (non-hydrogen) atoms. The highest BCUT2D eigenvalue weighted by Gasteiger charge is 2.27. The van der Waals surface area contributed by atoms with Crippen molar-refractivity contribution in [3.8, 4) is 5.75 Å². The summed E-state index contributed by atoms with van der Waals surface area (Å²) < 4.78 is 41.0. The summed E-state index contributed by atoms with van der Waals surface area (Å²) in [6, 6.07) is 7.05. The molecular formula is C13H17F3N2O2. The summed E-state index contributed by atoms with van der Waals surface area (Å²) in [6.45, 7) is 1.50. The molecule has 0 radical (unpaired) electrons. The summed E-state index contributed by atoms with van der Waals surface area (Å²) in [4.78, 5) is 11.2. The number of rotatable bonds is 7. The molecule has 1 aromatic rings. The fraction of sp³-hybridized carbons (Fsp3) is 0.462. The van der Waals surface area contributed by atoms with Crippen molar-refractivity contribution in [1.29, 1.82) is 0 Å². The molecule has 7 heteroatoms. The highest BCUT2D eigenvalue weighted by molar-refractivity contribution is 5.77. The van der Waals surface area contributed by atoms with Gasteiger partial charge in [0.25, 0.3) is 5.91 Å². The molecule has 0 aliphatic carbocycles. The molecule has 0 aliphatic rings. The summed E-state index contributed by atoms with van der Waals surface area (Å²) in [6.07, 6.45) is -4.42. The monoisotopic (exact) mass is 290 g/mol. The molecule has 0 heterocycles. The lowest BCUT2D eigenvalue weighted by Gasteiger charge is -2.12. The molecule has 0 saturated carbocycles. The lowest BCUT2D eigenvalue weighted by atomic mass is 10.2. The topological polar surface area (TPSA) is 50.4 Å². The van der Waals surface area contributed by atoms with E-state index in [2.05, 4.69) is 5.32 Å². The van der Waals surface area contributed by atoms with E-state index in [4.69, 9.17) is 4.74 Å². The molecule has 0 fully saturated rings. The minimum absolute atomic E-state index is 0.445. The van der Waals surface area contributed by atoms with Crippen molar-refractivity contribution in [3.05, 3.63) is 29.8 Å². The Bertz CT molecular complexity index is 436. The van der Waals surface area contributed by atoms with Gasteiger partial charge in [-0.1, -0.05) is 25.1 Å². The van der Waals surface area contributed by atoms with Gasteiger partial charge in [-0.3, -0.25) is 4.79 Å². The van der Waals surface area contributed by atoms with Crippen molar-refractivity contribution >= 4 is 5.91 Å². The zero-order valence-electron chi connectivity index (χ0n) is 11.1. The Morgan fingerprint density at radius 1 is 1.30 bits per heavy atom. The minimum Gasteiger partial charge on any atom is -0.483 e. The number of amides is 1. The molecule has 2 N–H and O–H groups in total. The first-order valence-electron chi connectivity index (χ1n) is 6.17. The van der Waals surface area contributed by atoms with E-state index in [0.29, 0.717) is 12.3 Å². The molecule has 0 bridgehead atoms. The van der Waals surface area contributed by atoms with Crippen LogP contribution in [0.4, 0.5) is 13.2 Å². The summed E-state index contributed by atoms with van der Waals surface area (Å²) >= 11 is 0. The predicted octanol–water partition coefficient (Wildman–Crippen LogP) is 1.85. The van der Waals surface area contributed by atoms with Crippen molar-refractivity contribution in [2.75, 3.05) is 19.7 Å². The molecule has 0 atom stereocenters. The van der Waals surface area contributed by atoms with E-state index in [1.54, 1.807) is 17.4 Å². The fourth-order valence-corrected chi connectivity index (χ4v) is 1.44. The number of benzene rings is 1. The first-order valence-corrected chi connectivity index (χ1v) is 6.17. The number of hydrogen-bond donors (Lipinski definition) is 2. The Morgan fingerprint density at radius 3 is 2.65 bits per heavy atom. The van der Waals surface area contributed by atoms with Crippen LogP contribution in [0, 0.1) is 0 Å². The number of para-hydroxylation sites is 1. The van der Waals surface area contributed by atoms with Gasteiger partial charge in [0.05, 0.1) is 0 Å². The molecule has 1 aromatic carbocycles.